The summed E-state index contributed by atoms with van der Waals surface area (Å²) in [6, 6.07) is 15.7. The highest BCUT2D eigenvalue weighted by atomic mass is 35.5. The quantitative estimate of drug-likeness (QED) is 0.105. The third-order valence-corrected chi connectivity index (χ3v) is 14.5. The summed E-state index contributed by atoms with van der Waals surface area (Å²) >= 11 is 6.37. The predicted octanol–water partition coefficient (Wildman–Crippen LogP) is 8.03. The summed E-state index contributed by atoms with van der Waals surface area (Å²) in [5.74, 6) is 0.850. The number of pyridine rings is 2. The number of likely N-dealkylation sites (tertiary alicyclic amines) is 1. The molecule has 6 heterocycles. The van der Waals surface area contributed by atoms with Crippen LogP contribution >= 0.6 is 11.6 Å². The Kier molecular flexibility index (Phi) is 11.2. The van der Waals surface area contributed by atoms with Crippen molar-refractivity contribution in [1.82, 2.24) is 24.6 Å². The van der Waals surface area contributed by atoms with E-state index in [9.17, 15) is 18.0 Å². The van der Waals surface area contributed by atoms with Crippen molar-refractivity contribution in [2.24, 2.45) is 17.3 Å². The molecule has 5 aromatic rings. The molecule has 0 radical (unpaired) electrons. The Hall–Kier alpha value is -5.18. The molecule has 1 saturated carbocycles. The lowest BCUT2D eigenvalue weighted by atomic mass is 9.66. The Bertz CT molecular complexity index is 2510. The number of aromatic nitrogens is 3. The van der Waals surface area contributed by atoms with E-state index in [0.717, 1.165) is 112 Å². The van der Waals surface area contributed by atoms with Gasteiger partial charge in [0.05, 0.1) is 33.1 Å². The number of aromatic amines is 1. The number of halogens is 1. The molecule has 3 N–H and O–H groups in total. The molecule has 13 nitrogen and oxygen atoms in total. The maximum atomic E-state index is 13.9. The van der Waals surface area contributed by atoms with Crippen molar-refractivity contribution in [3.8, 4) is 11.5 Å². The summed E-state index contributed by atoms with van der Waals surface area (Å²) in [4.78, 5) is 43.8. The minimum Gasteiger partial charge on any atom is -0.455 e. The van der Waals surface area contributed by atoms with Crippen LogP contribution in [0.25, 0.3) is 11.0 Å². The number of sulfonamides is 1. The van der Waals surface area contributed by atoms with Gasteiger partial charge in [0.15, 0.2) is 0 Å². The van der Waals surface area contributed by atoms with Crippen molar-refractivity contribution in [1.29, 1.82) is 0 Å². The summed E-state index contributed by atoms with van der Waals surface area (Å²) in [7, 11) is -4.24. The van der Waals surface area contributed by atoms with Crippen molar-refractivity contribution in [2.45, 2.75) is 69.2 Å². The summed E-state index contributed by atoms with van der Waals surface area (Å²) in [5, 5.41) is 4.86. The smallest absolute Gasteiger partial charge is 0.268 e. The van der Waals surface area contributed by atoms with Gasteiger partial charge in [-0.05, 0) is 117 Å². The van der Waals surface area contributed by atoms with Gasteiger partial charge >= 0.3 is 0 Å². The van der Waals surface area contributed by atoms with Crippen LogP contribution in [-0.2, 0) is 19.6 Å². The molecular formula is C45H50ClN7O6S. The molecule has 314 valence electrons. The zero-order chi connectivity index (χ0) is 41.4. The minimum absolute atomic E-state index is 0.00785. The van der Waals surface area contributed by atoms with Crippen molar-refractivity contribution in [3.63, 3.8) is 0 Å². The number of H-pyrrole nitrogens is 1. The third kappa shape index (κ3) is 8.04. The van der Waals surface area contributed by atoms with Crippen LogP contribution in [0.2, 0.25) is 5.02 Å². The molecule has 15 heteroatoms. The number of carbonyl (C=O) groups excluding carboxylic acids is 2. The second kappa shape index (κ2) is 16.7. The van der Waals surface area contributed by atoms with Crippen molar-refractivity contribution in [2.75, 3.05) is 49.6 Å². The second-order valence-corrected chi connectivity index (χ2v) is 18.9. The zero-order valence-electron chi connectivity index (χ0n) is 33.7. The number of fused-ring (bicyclic) bond motifs is 1. The first kappa shape index (κ1) is 40.2. The molecule has 2 amide bonds. The second-order valence-electron chi connectivity index (χ2n) is 16.8. The standard InChI is InChI=1S/C45H50ClN7O6S/c1-29-20-37(5-7-39(29)49-24-30-11-18-58-19-12-30)60(56,57)51-43(54)38-6-4-35(23-40(38)59-36-22-32-8-15-48-42(32)50-27-36)52-16-9-31(10-17-52)28-53-41(33-21-34(46)26-47-25-33)45(44(53)55)13-2-3-14-45/h4-8,15,20-23,25-27,30-31,41,49H,2-3,9-14,16-19,24,28H2,1H3,(H,48,50)(H,51,54). The third-order valence-electron chi connectivity index (χ3n) is 13.0. The van der Waals surface area contributed by atoms with Crippen LogP contribution in [0, 0.1) is 24.2 Å². The first-order valence-electron chi connectivity index (χ1n) is 21.0. The number of aryl methyl sites for hydroxylation is 1. The number of amides is 2. The average Bonchev–Trinajstić information content (AvgIpc) is 3.95. The fourth-order valence-corrected chi connectivity index (χ4v) is 10.9. The van der Waals surface area contributed by atoms with E-state index in [1.807, 2.05) is 37.4 Å². The van der Waals surface area contributed by atoms with Crippen LogP contribution in [0.15, 0.2) is 84.3 Å². The molecule has 1 atom stereocenters. The minimum atomic E-state index is -4.24. The maximum absolute atomic E-state index is 13.9. The van der Waals surface area contributed by atoms with Gasteiger partial charge in [0, 0.05) is 80.8 Å². The first-order valence-corrected chi connectivity index (χ1v) is 22.8. The van der Waals surface area contributed by atoms with E-state index in [4.69, 9.17) is 21.1 Å². The van der Waals surface area contributed by atoms with Gasteiger partial charge in [-0.25, -0.2) is 18.1 Å². The summed E-state index contributed by atoms with van der Waals surface area (Å²) < 4.78 is 41.4. The Balaban J connectivity index is 0.904. The van der Waals surface area contributed by atoms with Gasteiger partial charge in [-0.1, -0.05) is 24.4 Å². The van der Waals surface area contributed by atoms with Gasteiger partial charge in [-0.15, -0.1) is 0 Å². The van der Waals surface area contributed by atoms with Crippen molar-refractivity contribution < 1.29 is 27.5 Å². The number of carbonyl (C=O) groups is 2. The van der Waals surface area contributed by atoms with Gasteiger partial charge in [-0.3, -0.25) is 14.6 Å². The Morgan fingerprint density at radius 3 is 2.55 bits per heavy atom. The maximum Gasteiger partial charge on any atom is 0.268 e. The Labute approximate surface area is 355 Å². The monoisotopic (exact) mass is 851 g/mol. The number of ether oxygens (including phenoxy) is 2. The van der Waals surface area contributed by atoms with E-state index in [1.165, 1.54) is 6.07 Å². The zero-order valence-corrected chi connectivity index (χ0v) is 35.2. The van der Waals surface area contributed by atoms with E-state index < -0.39 is 15.9 Å². The van der Waals surface area contributed by atoms with E-state index in [1.54, 1.807) is 42.9 Å². The van der Waals surface area contributed by atoms with Crippen LogP contribution in [0.4, 0.5) is 11.4 Å². The van der Waals surface area contributed by atoms with Crippen LogP contribution in [0.5, 0.6) is 11.5 Å². The molecule has 2 aromatic carbocycles. The molecule has 1 unspecified atom stereocenters. The molecule has 3 aromatic heterocycles. The Morgan fingerprint density at radius 1 is 0.983 bits per heavy atom. The van der Waals surface area contributed by atoms with Gasteiger partial charge in [-0.2, -0.15) is 0 Å². The topological polar surface area (TPSA) is 159 Å². The number of benzene rings is 2. The predicted molar refractivity (Wildman–Crippen MR) is 230 cm³/mol. The summed E-state index contributed by atoms with van der Waals surface area (Å²) in [6.07, 6.45) is 14.5. The fraction of sp³-hybridized carbons (Fsp3) is 0.422. The van der Waals surface area contributed by atoms with Crippen LogP contribution in [-0.4, -0.2) is 79.5 Å². The van der Waals surface area contributed by atoms with Gasteiger partial charge in [0.2, 0.25) is 5.91 Å². The number of nitrogens with zero attached hydrogens (tertiary/aromatic N) is 4. The van der Waals surface area contributed by atoms with E-state index in [2.05, 4.69) is 34.8 Å². The molecule has 3 saturated heterocycles. The molecule has 9 rings (SSSR count). The molecule has 60 heavy (non-hydrogen) atoms. The Morgan fingerprint density at radius 2 is 1.78 bits per heavy atom. The van der Waals surface area contributed by atoms with E-state index in [0.29, 0.717) is 34.8 Å². The lowest BCUT2D eigenvalue weighted by Crippen LogP contribution is -2.63. The van der Waals surface area contributed by atoms with Crippen LogP contribution in [0.3, 0.4) is 0 Å². The highest BCUT2D eigenvalue weighted by Gasteiger charge is 2.61. The molecule has 0 bridgehead atoms. The fourth-order valence-electron chi connectivity index (χ4n) is 9.69. The number of nitrogens with one attached hydrogen (secondary N) is 3. The lowest BCUT2D eigenvalue weighted by Gasteiger charge is -2.56. The van der Waals surface area contributed by atoms with Crippen molar-refractivity contribution >= 4 is 55.8 Å². The van der Waals surface area contributed by atoms with E-state index in [-0.39, 0.29) is 33.6 Å². The first-order chi connectivity index (χ1) is 29.1. The number of anilines is 2. The molecule has 4 fully saturated rings. The van der Waals surface area contributed by atoms with Crippen LogP contribution in [0.1, 0.15) is 78.9 Å². The number of β-lactam (4-membered cyclic amide) rings is 1. The normalized spacial score (nSPS) is 19.8. The van der Waals surface area contributed by atoms with Gasteiger partial charge < -0.3 is 29.6 Å². The SMILES string of the molecule is Cc1cc(S(=O)(=O)NC(=O)c2ccc(N3CCC(CN4C(=O)C5(CCCC5)C4c4cncc(Cl)c4)CC3)cc2Oc2cnc3[nH]ccc3c2)ccc1NCC1CCOCC1. The molecular weight excluding hydrogens is 802 g/mol. The lowest BCUT2D eigenvalue weighted by molar-refractivity contribution is -0.174. The molecule has 1 spiro atoms. The van der Waals surface area contributed by atoms with Gasteiger partial charge in [0.1, 0.15) is 17.1 Å². The number of piperidine rings is 1. The van der Waals surface area contributed by atoms with Crippen molar-refractivity contribution in [3.05, 3.63) is 101 Å². The number of hydrogen-bond donors (Lipinski definition) is 3. The largest absolute Gasteiger partial charge is 0.455 e. The van der Waals surface area contributed by atoms with E-state index >= 15 is 0 Å². The number of hydrogen-bond acceptors (Lipinski definition) is 10. The van der Waals surface area contributed by atoms with Crippen LogP contribution < -0.4 is 19.7 Å². The molecule has 4 aliphatic rings. The highest BCUT2D eigenvalue weighted by molar-refractivity contribution is 7.90. The average molecular weight is 852 g/mol. The summed E-state index contributed by atoms with van der Waals surface area (Å²) in [6.45, 7) is 6.28. The summed E-state index contributed by atoms with van der Waals surface area (Å²) in [5.41, 5.74) is 3.87. The highest BCUT2D eigenvalue weighted by Crippen LogP contribution is 2.59. The molecule has 3 aliphatic heterocycles. The molecule has 1 aliphatic carbocycles. The van der Waals surface area contributed by atoms with Gasteiger partial charge in [0.25, 0.3) is 15.9 Å². The number of rotatable bonds is 12.